The fraction of sp³-hybridized carbons (Fsp3) is 0.111. The first kappa shape index (κ1) is 10.5. The van der Waals surface area contributed by atoms with Gasteiger partial charge in [0.1, 0.15) is 5.82 Å². The van der Waals surface area contributed by atoms with E-state index in [1.54, 1.807) is 6.07 Å². The molecule has 72 valence electrons. The van der Waals surface area contributed by atoms with Gasteiger partial charge in [-0.15, -0.1) is 11.6 Å². The van der Waals surface area contributed by atoms with Crippen molar-refractivity contribution in [2.75, 3.05) is 11.6 Å². The maximum atomic E-state index is 13.0. The zero-order valence-electron chi connectivity index (χ0n) is 7.05. The standard InChI is InChI=1S/C9H6ClFN2O/c10-3-9(14)6-2-7(11)8(13)1-5(6)4-12/h1-2H,3,13H2. The zero-order valence-corrected chi connectivity index (χ0v) is 7.81. The number of nitrogens with two attached hydrogens (primary N) is 1. The second-order valence-electron chi connectivity index (χ2n) is 2.59. The Kier molecular flexibility index (Phi) is 3.05. The van der Waals surface area contributed by atoms with Crippen molar-refractivity contribution >= 4 is 23.1 Å². The first-order chi connectivity index (χ1) is 6.60. The number of Topliss-reactive ketones (excluding diaryl/α,β-unsaturated/α-hetero) is 1. The fourth-order valence-corrected chi connectivity index (χ4v) is 1.13. The smallest absolute Gasteiger partial charge is 0.179 e. The van der Waals surface area contributed by atoms with Crippen molar-refractivity contribution in [2.24, 2.45) is 0 Å². The molecule has 0 spiro atoms. The quantitative estimate of drug-likeness (QED) is 0.461. The number of nitriles is 1. The van der Waals surface area contributed by atoms with Crippen LogP contribution in [0.1, 0.15) is 15.9 Å². The Morgan fingerprint density at radius 1 is 1.64 bits per heavy atom. The number of rotatable bonds is 2. The Morgan fingerprint density at radius 3 is 2.79 bits per heavy atom. The molecular weight excluding hydrogens is 207 g/mol. The molecule has 1 aromatic carbocycles. The molecule has 0 bridgehead atoms. The second-order valence-corrected chi connectivity index (χ2v) is 2.86. The molecule has 0 unspecified atom stereocenters. The SMILES string of the molecule is N#Cc1cc(N)c(F)cc1C(=O)CCl. The number of halogens is 2. The predicted molar refractivity (Wildman–Crippen MR) is 50.6 cm³/mol. The van der Waals surface area contributed by atoms with Crippen molar-refractivity contribution in [3.8, 4) is 6.07 Å². The van der Waals surface area contributed by atoms with Crippen molar-refractivity contribution in [1.82, 2.24) is 0 Å². The predicted octanol–water partition coefficient (Wildman–Crippen LogP) is 1.70. The molecule has 0 aliphatic heterocycles. The van der Waals surface area contributed by atoms with Gasteiger partial charge >= 0.3 is 0 Å². The van der Waals surface area contributed by atoms with Crippen molar-refractivity contribution < 1.29 is 9.18 Å². The van der Waals surface area contributed by atoms with E-state index in [4.69, 9.17) is 22.6 Å². The first-order valence-corrected chi connectivity index (χ1v) is 4.22. The van der Waals surface area contributed by atoms with Crippen molar-refractivity contribution in [3.63, 3.8) is 0 Å². The van der Waals surface area contributed by atoms with Gasteiger partial charge in [0.05, 0.1) is 23.2 Å². The highest BCUT2D eigenvalue weighted by Crippen LogP contribution is 2.18. The lowest BCUT2D eigenvalue weighted by Crippen LogP contribution is -2.05. The lowest BCUT2D eigenvalue weighted by Gasteiger charge is -2.02. The molecule has 0 radical (unpaired) electrons. The van der Waals surface area contributed by atoms with Crippen LogP contribution in [0.25, 0.3) is 0 Å². The number of nitrogen functional groups attached to an aromatic ring is 1. The van der Waals surface area contributed by atoms with Crippen LogP contribution in [-0.4, -0.2) is 11.7 Å². The number of ketones is 1. The van der Waals surface area contributed by atoms with Gasteiger partial charge in [0.15, 0.2) is 5.78 Å². The van der Waals surface area contributed by atoms with Crippen LogP contribution in [0.5, 0.6) is 0 Å². The summed E-state index contributed by atoms with van der Waals surface area (Å²) in [7, 11) is 0. The average molecular weight is 213 g/mol. The van der Waals surface area contributed by atoms with Gasteiger partial charge in [0.2, 0.25) is 0 Å². The minimum Gasteiger partial charge on any atom is -0.396 e. The normalized spacial score (nSPS) is 9.50. The molecule has 0 aliphatic rings. The molecule has 2 N–H and O–H groups in total. The summed E-state index contributed by atoms with van der Waals surface area (Å²) in [5, 5.41) is 8.65. The van der Waals surface area contributed by atoms with Gasteiger partial charge in [-0.3, -0.25) is 4.79 Å². The van der Waals surface area contributed by atoms with E-state index in [1.807, 2.05) is 0 Å². The topological polar surface area (TPSA) is 66.9 Å². The molecule has 0 saturated heterocycles. The summed E-state index contributed by atoms with van der Waals surface area (Å²) < 4.78 is 13.0. The van der Waals surface area contributed by atoms with Crippen LogP contribution in [0.4, 0.5) is 10.1 Å². The summed E-state index contributed by atoms with van der Waals surface area (Å²) in [6.07, 6.45) is 0. The summed E-state index contributed by atoms with van der Waals surface area (Å²) in [6.45, 7) is 0. The van der Waals surface area contributed by atoms with Gasteiger partial charge in [-0.25, -0.2) is 4.39 Å². The fourth-order valence-electron chi connectivity index (χ4n) is 0.985. The molecule has 0 fully saturated rings. The highest BCUT2D eigenvalue weighted by Gasteiger charge is 2.13. The van der Waals surface area contributed by atoms with E-state index in [2.05, 4.69) is 0 Å². The maximum absolute atomic E-state index is 13.0. The highest BCUT2D eigenvalue weighted by atomic mass is 35.5. The maximum Gasteiger partial charge on any atom is 0.179 e. The van der Waals surface area contributed by atoms with Crippen LogP contribution in [0.2, 0.25) is 0 Å². The number of anilines is 1. The van der Waals surface area contributed by atoms with Crippen LogP contribution >= 0.6 is 11.6 Å². The number of carbonyl (C=O) groups is 1. The molecule has 14 heavy (non-hydrogen) atoms. The molecule has 0 atom stereocenters. The number of carbonyl (C=O) groups excluding carboxylic acids is 1. The third-order valence-corrected chi connectivity index (χ3v) is 1.92. The van der Waals surface area contributed by atoms with E-state index in [0.717, 1.165) is 12.1 Å². The van der Waals surface area contributed by atoms with E-state index < -0.39 is 11.6 Å². The van der Waals surface area contributed by atoms with Crippen LogP contribution in [0, 0.1) is 17.1 Å². The molecule has 0 heterocycles. The summed E-state index contributed by atoms with van der Waals surface area (Å²) in [5.74, 6) is -1.52. The molecule has 3 nitrogen and oxygen atoms in total. The zero-order chi connectivity index (χ0) is 10.7. The third-order valence-electron chi connectivity index (χ3n) is 1.68. The number of hydrogen-bond acceptors (Lipinski definition) is 3. The molecule has 1 rings (SSSR count). The molecule has 0 aromatic heterocycles. The lowest BCUT2D eigenvalue weighted by molar-refractivity contribution is 0.102. The largest absolute Gasteiger partial charge is 0.396 e. The first-order valence-electron chi connectivity index (χ1n) is 3.68. The number of hydrogen-bond donors (Lipinski definition) is 1. The van der Waals surface area contributed by atoms with E-state index in [1.165, 1.54) is 0 Å². The Bertz CT molecular complexity index is 426. The van der Waals surface area contributed by atoms with E-state index in [-0.39, 0.29) is 22.7 Å². The number of benzene rings is 1. The van der Waals surface area contributed by atoms with Gasteiger partial charge in [0, 0.05) is 5.56 Å². The van der Waals surface area contributed by atoms with Gasteiger partial charge in [0.25, 0.3) is 0 Å². The summed E-state index contributed by atoms with van der Waals surface area (Å²) in [6, 6.07) is 3.80. The van der Waals surface area contributed by atoms with Crippen molar-refractivity contribution in [3.05, 3.63) is 29.1 Å². The van der Waals surface area contributed by atoms with E-state index in [0.29, 0.717) is 0 Å². The summed E-state index contributed by atoms with van der Waals surface area (Å²) in [5.41, 5.74) is 5.08. The van der Waals surface area contributed by atoms with Gasteiger partial charge in [-0.05, 0) is 12.1 Å². The monoisotopic (exact) mass is 212 g/mol. The average Bonchev–Trinajstić information content (AvgIpc) is 2.20. The van der Waals surface area contributed by atoms with Gasteiger partial charge in [-0.2, -0.15) is 5.26 Å². The van der Waals surface area contributed by atoms with Crippen LogP contribution in [0.15, 0.2) is 12.1 Å². The van der Waals surface area contributed by atoms with Gasteiger partial charge < -0.3 is 5.73 Å². The van der Waals surface area contributed by atoms with E-state index in [9.17, 15) is 9.18 Å². The summed E-state index contributed by atoms with van der Waals surface area (Å²) in [4.78, 5) is 11.2. The Labute approximate surface area is 84.9 Å². The molecule has 1 aromatic rings. The minimum absolute atomic E-state index is 0.0331. The molecular formula is C9H6ClFN2O. The Balaban J connectivity index is 3.36. The minimum atomic E-state index is -0.725. The molecule has 0 aliphatic carbocycles. The van der Waals surface area contributed by atoms with Crippen LogP contribution < -0.4 is 5.73 Å². The lowest BCUT2D eigenvalue weighted by atomic mass is 10.0. The Hall–Kier alpha value is -1.60. The van der Waals surface area contributed by atoms with Crippen LogP contribution in [-0.2, 0) is 0 Å². The third kappa shape index (κ3) is 1.83. The van der Waals surface area contributed by atoms with Crippen LogP contribution in [0.3, 0.4) is 0 Å². The molecule has 5 heteroatoms. The molecule has 0 amide bonds. The van der Waals surface area contributed by atoms with Crippen molar-refractivity contribution in [1.29, 1.82) is 5.26 Å². The van der Waals surface area contributed by atoms with Crippen molar-refractivity contribution in [2.45, 2.75) is 0 Å². The number of nitrogens with zero attached hydrogens (tertiary/aromatic N) is 1. The molecule has 0 saturated carbocycles. The second kappa shape index (κ2) is 4.07. The highest BCUT2D eigenvalue weighted by molar-refractivity contribution is 6.30. The Morgan fingerprint density at radius 2 is 2.29 bits per heavy atom. The number of alkyl halides is 1. The summed E-state index contributed by atoms with van der Waals surface area (Å²) >= 11 is 5.29. The van der Waals surface area contributed by atoms with Gasteiger partial charge in [-0.1, -0.05) is 0 Å². The van der Waals surface area contributed by atoms with E-state index >= 15 is 0 Å².